The summed E-state index contributed by atoms with van der Waals surface area (Å²) in [7, 11) is 0. The third-order valence-corrected chi connectivity index (χ3v) is 1.82. The number of H-pyrrole nitrogens is 1. The Hall–Kier alpha value is -2.12. The van der Waals surface area contributed by atoms with Gasteiger partial charge in [0.15, 0.2) is 0 Å². The van der Waals surface area contributed by atoms with Crippen LogP contribution in [-0.2, 0) is 6.54 Å². The number of aromatic nitrogens is 6. The number of hydrogen-bond acceptors (Lipinski definition) is 6. The summed E-state index contributed by atoms with van der Waals surface area (Å²) in [5.41, 5.74) is 5.37. The monoisotopic (exact) mass is 208 g/mol. The number of anilines is 2. The molecule has 0 bridgehead atoms. The van der Waals surface area contributed by atoms with Gasteiger partial charge in [-0.05, 0) is 6.42 Å². The van der Waals surface area contributed by atoms with Crippen molar-refractivity contribution in [3.63, 3.8) is 0 Å². The first kappa shape index (κ1) is 9.44. The molecular weight excluding hydrogens is 196 g/mol. The average Bonchev–Trinajstić information content (AvgIpc) is 2.84. The van der Waals surface area contributed by atoms with Crippen LogP contribution in [0.25, 0.3) is 0 Å². The van der Waals surface area contributed by atoms with Gasteiger partial charge in [-0.1, -0.05) is 5.21 Å². The molecule has 4 N–H and O–H groups in total. The van der Waals surface area contributed by atoms with Crippen molar-refractivity contribution in [2.45, 2.75) is 13.0 Å². The Morgan fingerprint density at radius 2 is 2.47 bits per heavy atom. The highest BCUT2D eigenvalue weighted by molar-refractivity contribution is 5.29. The molecule has 0 atom stereocenters. The third-order valence-electron chi connectivity index (χ3n) is 1.82. The van der Waals surface area contributed by atoms with Crippen LogP contribution in [0.2, 0.25) is 0 Å². The van der Waals surface area contributed by atoms with Crippen molar-refractivity contribution < 1.29 is 0 Å². The van der Waals surface area contributed by atoms with Crippen molar-refractivity contribution in [2.75, 3.05) is 17.6 Å². The van der Waals surface area contributed by atoms with Crippen molar-refractivity contribution in [1.29, 1.82) is 0 Å². The highest BCUT2D eigenvalue weighted by atomic mass is 15.4. The van der Waals surface area contributed by atoms with Crippen LogP contribution in [0.4, 0.5) is 11.9 Å². The van der Waals surface area contributed by atoms with Crippen LogP contribution in [0.1, 0.15) is 6.42 Å². The molecule has 0 saturated heterocycles. The summed E-state index contributed by atoms with van der Waals surface area (Å²) < 4.78 is 1.77. The lowest BCUT2D eigenvalue weighted by atomic mass is 10.4. The van der Waals surface area contributed by atoms with E-state index >= 15 is 0 Å². The standard InChI is InChI=1S/C7H12N8/c8-6-11-7(13-12-6)9-2-1-4-15-5-3-10-14-15/h3,5H,1-2,4H2,(H4,8,9,11,12,13). The van der Waals surface area contributed by atoms with Gasteiger partial charge in [-0.15, -0.1) is 10.2 Å². The molecular formula is C7H12N8. The van der Waals surface area contributed by atoms with E-state index in [0.717, 1.165) is 19.5 Å². The summed E-state index contributed by atoms with van der Waals surface area (Å²) in [4.78, 5) is 3.91. The molecule has 2 rings (SSSR count). The minimum absolute atomic E-state index is 0.314. The molecule has 0 unspecified atom stereocenters. The Balaban J connectivity index is 1.67. The lowest BCUT2D eigenvalue weighted by Crippen LogP contribution is -2.08. The zero-order chi connectivity index (χ0) is 10.5. The Morgan fingerprint density at radius 1 is 1.53 bits per heavy atom. The van der Waals surface area contributed by atoms with E-state index in [-0.39, 0.29) is 0 Å². The van der Waals surface area contributed by atoms with E-state index in [1.807, 2.05) is 6.20 Å². The molecule has 0 saturated carbocycles. The normalized spacial score (nSPS) is 10.4. The van der Waals surface area contributed by atoms with E-state index in [2.05, 4.69) is 30.8 Å². The fraction of sp³-hybridized carbons (Fsp3) is 0.429. The molecule has 2 heterocycles. The van der Waals surface area contributed by atoms with Crippen molar-refractivity contribution in [3.05, 3.63) is 12.4 Å². The van der Waals surface area contributed by atoms with E-state index < -0.39 is 0 Å². The van der Waals surface area contributed by atoms with Gasteiger partial charge < -0.3 is 11.1 Å². The van der Waals surface area contributed by atoms with Crippen molar-refractivity contribution in [1.82, 2.24) is 30.2 Å². The Labute approximate surface area is 85.9 Å². The Morgan fingerprint density at radius 3 is 3.13 bits per heavy atom. The molecule has 80 valence electrons. The SMILES string of the molecule is Nc1nc(NCCCn2ccnn2)n[nH]1. The number of nitrogens with zero attached hydrogens (tertiary/aromatic N) is 5. The fourth-order valence-electron chi connectivity index (χ4n) is 1.15. The maximum absolute atomic E-state index is 5.37. The van der Waals surface area contributed by atoms with Crippen molar-refractivity contribution in [3.8, 4) is 0 Å². The number of nitrogens with one attached hydrogen (secondary N) is 2. The van der Waals surface area contributed by atoms with E-state index in [1.54, 1.807) is 10.9 Å². The van der Waals surface area contributed by atoms with Gasteiger partial charge in [0.25, 0.3) is 0 Å². The van der Waals surface area contributed by atoms with Crippen LogP contribution in [-0.4, -0.2) is 36.7 Å². The Kier molecular flexibility index (Phi) is 2.77. The molecule has 0 aliphatic rings. The molecule has 0 fully saturated rings. The molecule has 2 aromatic heterocycles. The maximum atomic E-state index is 5.37. The summed E-state index contributed by atoms with van der Waals surface area (Å²) in [6, 6.07) is 0. The zero-order valence-corrected chi connectivity index (χ0v) is 8.09. The second-order valence-corrected chi connectivity index (χ2v) is 2.99. The van der Waals surface area contributed by atoms with E-state index in [0.29, 0.717) is 11.9 Å². The largest absolute Gasteiger partial charge is 0.368 e. The molecule has 0 amide bonds. The lowest BCUT2D eigenvalue weighted by molar-refractivity contribution is 0.569. The van der Waals surface area contributed by atoms with E-state index in [1.165, 1.54) is 0 Å². The second kappa shape index (κ2) is 4.40. The summed E-state index contributed by atoms with van der Waals surface area (Å²) in [6.45, 7) is 1.57. The highest BCUT2D eigenvalue weighted by Crippen LogP contribution is 1.98. The molecule has 0 aromatic carbocycles. The lowest BCUT2D eigenvalue weighted by Gasteiger charge is -2.01. The van der Waals surface area contributed by atoms with E-state index in [4.69, 9.17) is 5.73 Å². The van der Waals surface area contributed by atoms with Crippen LogP contribution in [0.15, 0.2) is 12.4 Å². The molecule has 0 radical (unpaired) electrons. The molecule has 8 heteroatoms. The first-order chi connectivity index (χ1) is 7.34. The van der Waals surface area contributed by atoms with Crippen molar-refractivity contribution >= 4 is 11.9 Å². The van der Waals surface area contributed by atoms with Gasteiger partial charge in [0.05, 0.1) is 6.20 Å². The first-order valence-corrected chi connectivity index (χ1v) is 4.60. The van der Waals surface area contributed by atoms with Gasteiger partial charge >= 0.3 is 0 Å². The Bertz CT molecular complexity index is 391. The minimum Gasteiger partial charge on any atom is -0.368 e. The summed E-state index contributed by atoms with van der Waals surface area (Å²) in [6.07, 6.45) is 4.39. The molecule has 8 nitrogen and oxygen atoms in total. The van der Waals surface area contributed by atoms with Crippen LogP contribution in [0.5, 0.6) is 0 Å². The molecule has 0 spiro atoms. The van der Waals surface area contributed by atoms with Gasteiger partial charge in [0.1, 0.15) is 0 Å². The smallest absolute Gasteiger partial charge is 0.243 e. The zero-order valence-electron chi connectivity index (χ0n) is 8.09. The highest BCUT2D eigenvalue weighted by Gasteiger charge is 1.98. The molecule has 0 aliphatic heterocycles. The summed E-state index contributed by atoms with van der Waals surface area (Å²) in [5.74, 6) is 0.833. The average molecular weight is 208 g/mol. The van der Waals surface area contributed by atoms with Gasteiger partial charge in [0.2, 0.25) is 11.9 Å². The number of nitrogens with two attached hydrogens (primary N) is 1. The molecule has 15 heavy (non-hydrogen) atoms. The van der Waals surface area contributed by atoms with Crippen LogP contribution in [0, 0.1) is 0 Å². The number of aromatic amines is 1. The quantitative estimate of drug-likeness (QED) is 0.570. The van der Waals surface area contributed by atoms with Crippen LogP contribution in [0.3, 0.4) is 0 Å². The molecule has 0 aliphatic carbocycles. The van der Waals surface area contributed by atoms with E-state index in [9.17, 15) is 0 Å². The minimum atomic E-state index is 0.314. The fourth-order valence-corrected chi connectivity index (χ4v) is 1.15. The molecule has 2 aromatic rings. The topological polar surface area (TPSA) is 110 Å². The number of rotatable bonds is 5. The second-order valence-electron chi connectivity index (χ2n) is 2.99. The van der Waals surface area contributed by atoms with Gasteiger partial charge in [-0.25, -0.2) is 5.10 Å². The van der Waals surface area contributed by atoms with Crippen molar-refractivity contribution in [2.24, 2.45) is 0 Å². The van der Waals surface area contributed by atoms with Gasteiger partial charge in [0, 0.05) is 19.3 Å². The summed E-state index contributed by atoms with van der Waals surface area (Å²) >= 11 is 0. The predicted molar refractivity (Wildman–Crippen MR) is 53.9 cm³/mol. The van der Waals surface area contributed by atoms with Gasteiger partial charge in [-0.3, -0.25) is 4.68 Å². The number of nitrogen functional groups attached to an aromatic ring is 1. The third kappa shape index (κ3) is 2.66. The summed E-state index contributed by atoms with van der Waals surface area (Å²) in [5, 5.41) is 17.0. The predicted octanol–water partition coefficient (Wildman–Crippen LogP) is -0.519. The van der Waals surface area contributed by atoms with Crippen LogP contribution < -0.4 is 11.1 Å². The number of aryl methyl sites for hydroxylation is 1. The number of hydrogen-bond donors (Lipinski definition) is 3. The van der Waals surface area contributed by atoms with Crippen LogP contribution >= 0.6 is 0 Å². The first-order valence-electron chi connectivity index (χ1n) is 4.60. The van der Waals surface area contributed by atoms with Gasteiger partial charge in [-0.2, -0.15) is 4.98 Å². The maximum Gasteiger partial charge on any atom is 0.243 e.